The molecule has 18 heavy (non-hydrogen) atoms. The van der Waals surface area contributed by atoms with E-state index in [2.05, 4.69) is 0 Å². The van der Waals surface area contributed by atoms with E-state index >= 15 is 0 Å². The molecular formula is C16H24O2. The molecule has 1 rings (SSSR count). The number of benzene rings is 1. The second kappa shape index (κ2) is 6.14. The minimum absolute atomic E-state index is 0.0696. The highest BCUT2D eigenvalue weighted by Gasteiger charge is 2.40. The molecule has 0 aliphatic heterocycles. The Bertz CT molecular complexity index is 377. The molecule has 0 aliphatic carbocycles. The Hall–Kier alpha value is -1.15. The van der Waals surface area contributed by atoms with Gasteiger partial charge in [-0.25, -0.2) is 0 Å². The zero-order valence-electron chi connectivity index (χ0n) is 11.8. The van der Waals surface area contributed by atoms with Crippen LogP contribution in [0.4, 0.5) is 0 Å². The van der Waals surface area contributed by atoms with E-state index in [1.54, 1.807) is 0 Å². The first-order valence-electron chi connectivity index (χ1n) is 6.77. The Labute approximate surface area is 110 Å². The summed E-state index contributed by atoms with van der Waals surface area (Å²) in [4.78, 5) is 12.4. The van der Waals surface area contributed by atoms with Crippen molar-refractivity contribution in [2.45, 2.75) is 52.1 Å². The van der Waals surface area contributed by atoms with Gasteiger partial charge in [-0.2, -0.15) is 0 Å². The van der Waals surface area contributed by atoms with E-state index in [-0.39, 0.29) is 11.7 Å². The summed E-state index contributed by atoms with van der Waals surface area (Å²) >= 11 is 0. The van der Waals surface area contributed by atoms with Crippen molar-refractivity contribution in [1.82, 2.24) is 0 Å². The molecule has 1 aromatic carbocycles. The van der Waals surface area contributed by atoms with Crippen LogP contribution >= 0.6 is 0 Å². The van der Waals surface area contributed by atoms with Crippen molar-refractivity contribution in [3.63, 3.8) is 0 Å². The first-order chi connectivity index (χ1) is 8.46. The van der Waals surface area contributed by atoms with Crippen molar-refractivity contribution in [2.75, 3.05) is 0 Å². The SMILES string of the molecule is CCC(O)(CC)C(C(=O)C(C)C)c1ccccc1. The molecule has 100 valence electrons. The zero-order chi connectivity index (χ0) is 13.8. The first kappa shape index (κ1) is 14.9. The van der Waals surface area contributed by atoms with Crippen LogP contribution in [0.3, 0.4) is 0 Å². The van der Waals surface area contributed by atoms with Crippen molar-refractivity contribution in [3.8, 4) is 0 Å². The number of ketones is 1. The Morgan fingerprint density at radius 3 is 2.06 bits per heavy atom. The second-order valence-corrected chi connectivity index (χ2v) is 5.21. The molecule has 0 heterocycles. The van der Waals surface area contributed by atoms with Crippen LogP contribution in [0, 0.1) is 5.92 Å². The topological polar surface area (TPSA) is 37.3 Å². The summed E-state index contributed by atoms with van der Waals surface area (Å²) in [6.07, 6.45) is 1.17. The summed E-state index contributed by atoms with van der Waals surface area (Å²) in [6, 6.07) is 9.63. The average Bonchev–Trinajstić information content (AvgIpc) is 2.39. The third-order valence-corrected chi connectivity index (χ3v) is 3.75. The molecule has 2 nitrogen and oxygen atoms in total. The number of aliphatic hydroxyl groups is 1. The maximum Gasteiger partial charge on any atom is 0.145 e. The Kier molecular flexibility index (Phi) is 5.09. The largest absolute Gasteiger partial charge is 0.389 e. The van der Waals surface area contributed by atoms with Gasteiger partial charge in [0.25, 0.3) is 0 Å². The van der Waals surface area contributed by atoms with Gasteiger partial charge in [0.1, 0.15) is 5.78 Å². The van der Waals surface area contributed by atoms with Gasteiger partial charge in [0, 0.05) is 5.92 Å². The summed E-state index contributed by atoms with van der Waals surface area (Å²) in [6.45, 7) is 7.66. The normalized spacial score (nSPS) is 13.7. The third kappa shape index (κ3) is 2.99. The highest BCUT2D eigenvalue weighted by molar-refractivity contribution is 5.88. The molecular weight excluding hydrogens is 224 g/mol. The van der Waals surface area contributed by atoms with Crippen LogP contribution in [0.1, 0.15) is 52.0 Å². The molecule has 1 atom stereocenters. The van der Waals surface area contributed by atoms with E-state index < -0.39 is 11.5 Å². The van der Waals surface area contributed by atoms with Crippen molar-refractivity contribution in [2.24, 2.45) is 5.92 Å². The molecule has 1 unspecified atom stereocenters. The summed E-state index contributed by atoms with van der Waals surface area (Å²) in [7, 11) is 0. The van der Waals surface area contributed by atoms with Gasteiger partial charge < -0.3 is 5.11 Å². The molecule has 1 N–H and O–H groups in total. The van der Waals surface area contributed by atoms with Crippen LogP contribution in [-0.2, 0) is 4.79 Å². The highest BCUT2D eigenvalue weighted by Crippen LogP contribution is 2.36. The van der Waals surface area contributed by atoms with Crippen LogP contribution in [-0.4, -0.2) is 16.5 Å². The molecule has 0 saturated carbocycles. The number of carbonyl (C=O) groups excluding carboxylic acids is 1. The summed E-state index contributed by atoms with van der Waals surface area (Å²) in [5.74, 6) is -0.374. The Balaban J connectivity index is 3.23. The molecule has 0 radical (unpaired) electrons. The van der Waals surface area contributed by atoms with Crippen LogP contribution in [0.5, 0.6) is 0 Å². The van der Waals surface area contributed by atoms with Crippen molar-refractivity contribution in [3.05, 3.63) is 35.9 Å². The highest BCUT2D eigenvalue weighted by atomic mass is 16.3. The van der Waals surface area contributed by atoms with Crippen LogP contribution < -0.4 is 0 Å². The average molecular weight is 248 g/mol. The van der Waals surface area contributed by atoms with E-state index in [1.807, 2.05) is 58.0 Å². The molecule has 0 aromatic heterocycles. The van der Waals surface area contributed by atoms with Crippen molar-refractivity contribution < 1.29 is 9.90 Å². The van der Waals surface area contributed by atoms with Crippen molar-refractivity contribution >= 4 is 5.78 Å². The first-order valence-corrected chi connectivity index (χ1v) is 6.77. The lowest BCUT2D eigenvalue weighted by Crippen LogP contribution is -2.41. The van der Waals surface area contributed by atoms with Gasteiger partial charge in [0.2, 0.25) is 0 Å². The molecule has 1 aromatic rings. The molecule has 0 amide bonds. The monoisotopic (exact) mass is 248 g/mol. The van der Waals surface area contributed by atoms with E-state index in [0.717, 1.165) is 5.56 Å². The lowest BCUT2D eigenvalue weighted by Gasteiger charge is -2.35. The maximum absolute atomic E-state index is 12.4. The van der Waals surface area contributed by atoms with Crippen LogP contribution in [0.2, 0.25) is 0 Å². The van der Waals surface area contributed by atoms with Gasteiger partial charge in [0.15, 0.2) is 0 Å². The van der Waals surface area contributed by atoms with Gasteiger partial charge in [0.05, 0.1) is 11.5 Å². The lowest BCUT2D eigenvalue weighted by molar-refractivity contribution is -0.130. The van der Waals surface area contributed by atoms with Gasteiger partial charge in [-0.05, 0) is 18.4 Å². The quantitative estimate of drug-likeness (QED) is 0.836. The number of Topliss-reactive ketones (excluding diaryl/α,β-unsaturated/α-hetero) is 1. The van der Waals surface area contributed by atoms with E-state index in [9.17, 15) is 9.90 Å². The molecule has 2 heteroatoms. The van der Waals surface area contributed by atoms with Gasteiger partial charge in [-0.3, -0.25) is 4.79 Å². The van der Waals surface area contributed by atoms with E-state index in [4.69, 9.17) is 0 Å². The minimum atomic E-state index is -0.942. The van der Waals surface area contributed by atoms with E-state index in [1.165, 1.54) is 0 Å². The number of carbonyl (C=O) groups is 1. The molecule has 0 bridgehead atoms. The number of rotatable bonds is 6. The molecule has 0 aliphatic rings. The zero-order valence-corrected chi connectivity index (χ0v) is 11.8. The Morgan fingerprint density at radius 1 is 1.17 bits per heavy atom. The smallest absolute Gasteiger partial charge is 0.145 e. The Morgan fingerprint density at radius 2 is 1.67 bits per heavy atom. The third-order valence-electron chi connectivity index (χ3n) is 3.75. The van der Waals surface area contributed by atoms with Gasteiger partial charge in [-0.15, -0.1) is 0 Å². The predicted octanol–water partition coefficient (Wildman–Crippen LogP) is 3.55. The van der Waals surface area contributed by atoms with Gasteiger partial charge >= 0.3 is 0 Å². The fraction of sp³-hybridized carbons (Fsp3) is 0.562. The molecule has 0 spiro atoms. The number of hydrogen-bond donors (Lipinski definition) is 1. The molecule has 0 saturated heterocycles. The predicted molar refractivity (Wildman–Crippen MR) is 74.6 cm³/mol. The minimum Gasteiger partial charge on any atom is -0.389 e. The summed E-state index contributed by atoms with van der Waals surface area (Å²) in [5.41, 5.74) is -0.0229. The number of hydrogen-bond acceptors (Lipinski definition) is 2. The fourth-order valence-electron chi connectivity index (χ4n) is 2.38. The van der Waals surface area contributed by atoms with Crippen LogP contribution in [0.15, 0.2) is 30.3 Å². The summed E-state index contributed by atoms with van der Waals surface area (Å²) < 4.78 is 0. The second-order valence-electron chi connectivity index (χ2n) is 5.21. The molecule has 0 fully saturated rings. The summed E-state index contributed by atoms with van der Waals surface area (Å²) in [5, 5.41) is 10.7. The van der Waals surface area contributed by atoms with E-state index in [0.29, 0.717) is 12.8 Å². The fourth-order valence-corrected chi connectivity index (χ4v) is 2.38. The standard InChI is InChI=1S/C16H24O2/c1-5-16(18,6-2)14(15(17)12(3)4)13-10-8-7-9-11-13/h7-12,14,18H,5-6H2,1-4H3. The van der Waals surface area contributed by atoms with Crippen LogP contribution in [0.25, 0.3) is 0 Å². The maximum atomic E-state index is 12.4. The van der Waals surface area contributed by atoms with Gasteiger partial charge in [-0.1, -0.05) is 58.0 Å². The van der Waals surface area contributed by atoms with Crippen molar-refractivity contribution in [1.29, 1.82) is 0 Å². The lowest BCUT2D eigenvalue weighted by atomic mass is 9.73.